The molecule has 3 N–H and O–H groups in total. The molecule has 1 aromatic carbocycles. The highest BCUT2D eigenvalue weighted by Crippen LogP contribution is 2.19. The zero-order valence-electron chi connectivity index (χ0n) is 17.8. The monoisotopic (exact) mass is 424 g/mol. The number of amides is 3. The standard InChI is InChI=1S/C23H28N4O2S/c1-15(2)25-23(29)26-19-9-7-18(8-10-19)13-24-22(28)21-12-16(3)27(17(21)4)14-20-6-5-11-30-20/h5-12,15H,13-14H2,1-4H3,(H,24,28)(H2,25,26,29). The SMILES string of the molecule is Cc1cc(C(=O)NCc2ccc(NC(=O)NC(C)C)cc2)c(C)n1Cc1cccs1. The molecule has 6 nitrogen and oxygen atoms in total. The quantitative estimate of drug-likeness (QED) is 0.515. The third-order valence-electron chi connectivity index (χ3n) is 4.80. The van der Waals surface area contributed by atoms with Crippen molar-refractivity contribution in [3.05, 3.63) is 75.2 Å². The number of anilines is 1. The molecule has 0 radical (unpaired) electrons. The summed E-state index contributed by atoms with van der Waals surface area (Å²) in [6.07, 6.45) is 0. The fourth-order valence-corrected chi connectivity index (χ4v) is 3.94. The van der Waals surface area contributed by atoms with E-state index in [1.54, 1.807) is 11.3 Å². The lowest BCUT2D eigenvalue weighted by molar-refractivity contribution is 0.0950. The van der Waals surface area contributed by atoms with Gasteiger partial charge < -0.3 is 20.5 Å². The van der Waals surface area contributed by atoms with Crippen LogP contribution in [0.25, 0.3) is 0 Å². The summed E-state index contributed by atoms with van der Waals surface area (Å²) in [7, 11) is 0. The molecule has 0 aliphatic heterocycles. The Morgan fingerprint density at radius 1 is 1.10 bits per heavy atom. The van der Waals surface area contributed by atoms with Crippen LogP contribution in [0.2, 0.25) is 0 Å². The Morgan fingerprint density at radius 3 is 2.47 bits per heavy atom. The molecule has 0 saturated carbocycles. The Hall–Kier alpha value is -3.06. The number of rotatable bonds is 7. The van der Waals surface area contributed by atoms with Crippen LogP contribution < -0.4 is 16.0 Å². The highest BCUT2D eigenvalue weighted by molar-refractivity contribution is 7.09. The van der Waals surface area contributed by atoms with Gasteiger partial charge in [-0.25, -0.2) is 4.79 Å². The molecule has 0 atom stereocenters. The van der Waals surface area contributed by atoms with Gasteiger partial charge in [-0.15, -0.1) is 11.3 Å². The second-order valence-electron chi connectivity index (χ2n) is 7.58. The van der Waals surface area contributed by atoms with Crippen LogP contribution in [0, 0.1) is 13.8 Å². The number of hydrogen-bond acceptors (Lipinski definition) is 3. The van der Waals surface area contributed by atoms with Gasteiger partial charge in [-0.3, -0.25) is 4.79 Å². The lowest BCUT2D eigenvalue weighted by atomic mass is 10.2. The number of carbonyl (C=O) groups excluding carboxylic acids is 2. The Balaban J connectivity index is 1.58. The minimum Gasteiger partial charge on any atom is -0.348 e. The molecule has 2 aromatic heterocycles. The maximum Gasteiger partial charge on any atom is 0.319 e. The molecule has 0 aliphatic carbocycles. The van der Waals surface area contributed by atoms with Gasteiger partial charge >= 0.3 is 6.03 Å². The molecular formula is C23H28N4O2S. The lowest BCUT2D eigenvalue weighted by Crippen LogP contribution is -2.34. The number of nitrogens with one attached hydrogen (secondary N) is 3. The van der Waals surface area contributed by atoms with Crippen LogP contribution in [0.4, 0.5) is 10.5 Å². The summed E-state index contributed by atoms with van der Waals surface area (Å²) in [4.78, 5) is 25.8. The van der Waals surface area contributed by atoms with E-state index in [0.29, 0.717) is 17.8 Å². The van der Waals surface area contributed by atoms with Gasteiger partial charge in [0, 0.05) is 34.5 Å². The van der Waals surface area contributed by atoms with E-state index in [1.165, 1.54) is 4.88 Å². The van der Waals surface area contributed by atoms with Gasteiger partial charge in [0.05, 0.1) is 12.1 Å². The highest BCUT2D eigenvalue weighted by atomic mass is 32.1. The van der Waals surface area contributed by atoms with E-state index in [2.05, 4.69) is 32.0 Å². The number of carbonyl (C=O) groups is 2. The molecule has 2 heterocycles. The van der Waals surface area contributed by atoms with Gasteiger partial charge in [-0.2, -0.15) is 0 Å². The average Bonchev–Trinajstić information content (AvgIpc) is 3.30. The molecule has 0 fully saturated rings. The summed E-state index contributed by atoms with van der Waals surface area (Å²) in [5, 5.41) is 10.6. The second-order valence-corrected chi connectivity index (χ2v) is 8.62. The van der Waals surface area contributed by atoms with Gasteiger partial charge in [-0.1, -0.05) is 18.2 Å². The van der Waals surface area contributed by atoms with Crippen LogP contribution >= 0.6 is 11.3 Å². The summed E-state index contributed by atoms with van der Waals surface area (Å²) in [6, 6.07) is 13.4. The molecule has 0 aliphatic rings. The van der Waals surface area contributed by atoms with Crippen molar-refractivity contribution in [2.75, 3.05) is 5.32 Å². The van der Waals surface area contributed by atoms with Crippen molar-refractivity contribution in [2.24, 2.45) is 0 Å². The predicted molar refractivity (Wildman–Crippen MR) is 122 cm³/mol. The first-order valence-electron chi connectivity index (χ1n) is 9.97. The Labute approximate surface area is 181 Å². The molecule has 0 unspecified atom stereocenters. The minimum absolute atomic E-state index is 0.0757. The van der Waals surface area contributed by atoms with Crippen LogP contribution in [0.3, 0.4) is 0 Å². The van der Waals surface area contributed by atoms with Crippen LogP contribution in [0.5, 0.6) is 0 Å². The Bertz CT molecular complexity index is 1000. The molecule has 158 valence electrons. The van der Waals surface area contributed by atoms with Crippen molar-refractivity contribution >= 4 is 29.0 Å². The number of nitrogens with zero attached hydrogens (tertiary/aromatic N) is 1. The summed E-state index contributed by atoms with van der Waals surface area (Å²) < 4.78 is 2.17. The maximum atomic E-state index is 12.7. The summed E-state index contributed by atoms with van der Waals surface area (Å²) in [5.74, 6) is -0.0842. The number of urea groups is 1. The van der Waals surface area contributed by atoms with E-state index in [9.17, 15) is 9.59 Å². The molecule has 3 rings (SSSR count). The van der Waals surface area contributed by atoms with E-state index in [1.807, 2.05) is 64.1 Å². The first-order valence-corrected chi connectivity index (χ1v) is 10.8. The van der Waals surface area contributed by atoms with Crippen LogP contribution in [0.1, 0.15) is 46.0 Å². The molecule has 0 spiro atoms. The molecule has 3 aromatic rings. The van der Waals surface area contributed by atoms with E-state index < -0.39 is 0 Å². The number of hydrogen-bond donors (Lipinski definition) is 3. The number of aryl methyl sites for hydroxylation is 1. The highest BCUT2D eigenvalue weighted by Gasteiger charge is 2.16. The zero-order valence-corrected chi connectivity index (χ0v) is 18.6. The summed E-state index contributed by atoms with van der Waals surface area (Å²) in [6.45, 7) is 9.03. The van der Waals surface area contributed by atoms with Gasteiger partial charge in [0.15, 0.2) is 0 Å². The molecule has 30 heavy (non-hydrogen) atoms. The smallest absolute Gasteiger partial charge is 0.319 e. The van der Waals surface area contributed by atoms with E-state index >= 15 is 0 Å². The molecule has 0 saturated heterocycles. The van der Waals surface area contributed by atoms with E-state index in [0.717, 1.165) is 23.5 Å². The Kier molecular flexibility index (Phi) is 6.95. The third kappa shape index (κ3) is 5.51. The van der Waals surface area contributed by atoms with Crippen LogP contribution in [-0.4, -0.2) is 22.5 Å². The fourth-order valence-electron chi connectivity index (χ4n) is 3.25. The van der Waals surface area contributed by atoms with Crippen molar-refractivity contribution in [1.82, 2.24) is 15.2 Å². The summed E-state index contributed by atoms with van der Waals surface area (Å²) in [5.41, 5.74) is 4.41. The molecule has 0 bridgehead atoms. The first-order chi connectivity index (χ1) is 14.3. The molecule has 3 amide bonds. The van der Waals surface area contributed by atoms with E-state index in [4.69, 9.17) is 0 Å². The number of thiophene rings is 1. The minimum atomic E-state index is -0.232. The lowest BCUT2D eigenvalue weighted by Gasteiger charge is -2.11. The normalized spacial score (nSPS) is 10.8. The van der Waals surface area contributed by atoms with Crippen molar-refractivity contribution in [1.29, 1.82) is 0 Å². The maximum absolute atomic E-state index is 12.7. The first kappa shape index (κ1) is 21.6. The molecular weight excluding hydrogens is 396 g/mol. The van der Waals surface area contributed by atoms with Crippen molar-refractivity contribution in [2.45, 2.75) is 46.8 Å². The van der Waals surface area contributed by atoms with Gasteiger partial charge in [0.2, 0.25) is 0 Å². The van der Waals surface area contributed by atoms with Crippen molar-refractivity contribution < 1.29 is 9.59 Å². The van der Waals surface area contributed by atoms with Crippen LogP contribution in [0.15, 0.2) is 47.8 Å². The summed E-state index contributed by atoms with van der Waals surface area (Å²) >= 11 is 1.72. The predicted octanol–water partition coefficient (Wildman–Crippen LogP) is 4.67. The topological polar surface area (TPSA) is 75.2 Å². The van der Waals surface area contributed by atoms with Gasteiger partial charge in [0.25, 0.3) is 5.91 Å². The molecule has 7 heteroatoms. The van der Waals surface area contributed by atoms with Gasteiger partial charge in [0.1, 0.15) is 0 Å². The van der Waals surface area contributed by atoms with Crippen LogP contribution in [-0.2, 0) is 13.1 Å². The zero-order chi connectivity index (χ0) is 21.7. The van der Waals surface area contributed by atoms with Gasteiger partial charge in [-0.05, 0) is 62.9 Å². The van der Waals surface area contributed by atoms with E-state index in [-0.39, 0.29) is 18.0 Å². The third-order valence-corrected chi connectivity index (χ3v) is 5.66. The number of aromatic nitrogens is 1. The Morgan fingerprint density at radius 2 is 1.83 bits per heavy atom. The fraction of sp³-hybridized carbons (Fsp3) is 0.304. The van der Waals surface area contributed by atoms with Crippen molar-refractivity contribution in [3.8, 4) is 0 Å². The van der Waals surface area contributed by atoms with Crippen molar-refractivity contribution in [3.63, 3.8) is 0 Å². The average molecular weight is 425 g/mol. The largest absolute Gasteiger partial charge is 0.348 e. The number of benzene rings is 1. The second kappa shape index (κ2) is 9.63.